The van der Waals surface area contributed by atoms with Crippen LogP contribution < -0.4 is 0 Å². The van der Waals surface area contributed by atoms with Gasteiger partial charge >= 0.3 is 5.97 Å². The fourth-order valence-electron chi connectivity index (χ4n) is 2.83. The van der Waals surface area contributed by atoms with Crippen LogP contribution in [0.1, 0.15) is 21.9 Å². The van der Waals surface area contributed by atoms with Crippen molar-refractivity contribution in [3.05, 3.63) is 76.5 Å². The van der Waals surface area contributed by atoms with E-state index in [0.29, 0.717) is 33.1 Å². The first-order valence-electron chi connectivity index (χ1n) is 8.35. The predicted molar refractivity (Wildman–Crippen MR) is 106 cm³/mol. The Bertz CT molecular complexity index is 1330. The average Bonchev–Trinajstić information content (AvgIpc) is 3.32. The van der Waals surface area contributed by atoms with Crippen LogP contribution in [0.15, 0.2) is 52.9 Å². The van der Waals surface area contributed by atoms with Gasteiger partial charge in [-0.2, -0.15) is 5.26 Å². The van der Waals surface area contributed by atoms with E-state index in [4.69, 9.17) is 21.1 Å². The van der Waals surface area contributed by atoms with Crippen molar-refractivity contribution in [3.8, 4) is 17.4 Å². The number of hydrogen-bond acceptors (Lipinski definition) is 4. The number of furan rings is 1. The van der Waals surface area contributed by atoms with E-state index in [9.17, 15) is 14.4 Å². The molecule has 2 aromatic heterocycles. The van der Waals surface area contributed by atoms with Crippen LogP contribution in [0, 0.1) is 17.1 Å². The lowest BCUT2D eigenvalue weighted by atomic mass is 10.1. The number of hydrogen-bond donors (Lipinski definition) is 2. The Morgan fingerprint density at radius 1 is 1.24 bits per heavy atom. The molecule has 0 spiro atoms. The normalized spacial score (nSPS) is 11.6. The number of H-pyrrole nitrogens is 1. The number of halogens is 2. The van der Waals surface area contributed by atoms with Crippen molar-refractivity contribution in [3.63, 3.8) is 0 Å². The van der Waals surface area contributed by atoms with Crippen LogP contribution in [-0.4, -0.2) is 21.0 Å². The van der Waals surface area contributed by atoms with Gasteiger partial charge < -0.3 is 14.5 Å². The Morgan fingerprint density at radius 3 is 2.83 bits per heavy atom. The zero-order valence-electron chi connectivity index (χ0n) is 14.6. The highest BCUT2D eigenvalue weighted by Crippen LogP contribution is 2.31. The third-order valence-corrected chi connectivity index (χ3v) is 4.54. The maximum absolute atomic E-state index is 13.4. The second kappa shape index (κ2) is 7.26. The van der Waals surface area contributed by atoms with Crippen molar-refractivity contribution in [2.75, 3.05) is 0 Å². The van der Waals surface area contributed by atoms with E-state index in [-0.39, 0.29) is 17.0 Å². The number of nitriles is 1. The molecule has 0 atom stereocenters. The number of carboxylic acid groups (broad SMARTS) is 1. The second-order valence-electron chi connectivity index (χ2n) is 6.12. The first-order chi connectivity index (χ1) is 13.9. The Kier molecular flexibility index (Phi) is 4.63. The molecule has 2 N–H and O–H groups in total. The monoisotopic (exact) mass is 407 g/mol. The Balaban J connectivity index is 1.71. The van der Waals surface area contributed by atoms with Crippen LogP contribution in [0.5, 0.6) is 0 Å². The van der Waals surface area contributed by atoms with Crippen LogP contribution in [0.3, 0.4) is 0 Å². The summed E-state index contributed by atoms with van der Waals surface area (Å²) in [5.41, 5.74) is 1.68. The summed E-state index contributed by atoms with van der Waals surface area (Å²) >= 11 is 6.17. The molecule has 0 saturated heterocycles. The van der Waals surface area contributed by atoms with E-state index >= 15 is 0 Å². The van der Waals surface area contributed by atoms with Gasteiger partial charge in [0.2, 0.25) is 0 Å². The number of benzene rings is 2. The third-order valence-electron chi connectivity index (χ3n) is 4.21. The van der Waals surface area contributed by atoms with Crippen molar-refractivity contribution in [2.24, 2.45) is 0 Å². The van der Waals surface area contributed by atoms with E-state index in [0.717, 1.165) is 0 Å². The average molecular weight is 408 g/mol. The third kappa shape index (κ3) is 3.61. The standard InChI is InChI=1S/C21H11ClFN3O3/c22-16-4-1-11(21(27)28)8-15(16)19-6-3-14(29-19)7-12(10-24)20-25-17-5-2-13(23)9-18(17)26-20/h1-9H,(H,25,26)(H,27,28)/b12-7-. The van der Waals surface area contributed by atoms with Gasteiger partial charge in [-0.15, -0.1) is 0 Å². The molecule has 4 rings (SSSR count). The molecule has 8 heteroatoms. The maximum atomic E-state index is 13.4. The number of imidazole rings is 1. The van der Waals surface area contributed by atoms with Crippen molar-refractivity contribution in [2.45, 2.75) is 0 Å². The van der Waals surface area contributed by atoms with Gasteiger partial charge in [0.1, 0.15) is 29.2 Å². The Morgan fingerprint density at radius 2 is 2.07 bits per heavy atom. The number of aromatic nitrogens is 2. The van der Waals surface area contributed by atoms with Gasteiger partial charge in [0.05, 0.1) is 27.2 Å². The molecule has 142 valence electrons. The molecule has 0 bridgehead atoms. The van der Waals surface area contributed by atoms with Gasteiger partial charge in [-0.05, 0) is 48.5 Å². The highest BCUT2D eigenvalue weighted by Gasteiger charge is 2.14. The molecule has 0 fully saturated rings. The molecular weight excluding hydrogens is 397 g/mol. The summed E-state index contributed by atoms with van der Waals surface area (Å²) in [6.07, 6.45) is 1.48. The molecule has 0 aliphatic heterocycles. The molecule has 0 saturated carbocycles. The molecule has 2 aromatic carbocycles. The summed E-state index contributed by atoms with van der Waals surface area (Å²) in [5, 5.41) is 19.0. The number of aromatic carboxylic acids is 1. The molecule has 6 nitrogen and oxygen atoms in total. The summed E-state index contributed by atoms with van der Waals surface area (Å²) in [6.45, 7) is 0. The SMILES string of the molecule is N#C/C(=C/c1ccc(-c2cc(C(=O)O)ccc2Cl)o1)c1nc2ccc(F)cc2[nH]1. The minimum atomic E-state index is -1.08. The summed E-state index contributed by atoms with van der Waals surface area (Å²) in [5.74, 6) is -0.515. The maximum Gasteiger partial charge on any atom is 0.335 e. The summed E-state index contributed by atoms with van der Waals surface area (Å²) < 4.78 is 19.1. The quantitative estimate of drug-likeness (QED) is 0.442. The van der Waals surface area contributed by atoms with Crippen LogP contribution in [0.25, 0.3) is 34.0 Å². The zero-order valence-corrected chi connectivity index (χ0v) is 15.4. The van der Waals surface area contributed by atoms with E-state index < -0.39 is 11.8 Å². The molecular formula is C21H11ClFN3O3. The lowest BCUT2D eigenvalue weighted by molar-refractivity contribution is 0.0697. The zero-order chi connectivity index (χ0) is 20.5. The molecule has 0 aliphatic rings. The predicted octanol–water partition coefficient (Wildman–Crippen LogP) is 5.38. The largest absolute Gasteiger partial charge is 0.478 e. The summed E-state index contributed by atoms with van der Waals surface area (Å²) in [4.78, 5) is 18.4. The highest BCUT2D eigenvalue weighted by atomic mass is 35.5. The lowest BCUT2D eigenvalue weighted by Crippen LogP contribution is -1.96. The van der Waals surface area contributed by atoms with Crippen LogP contribution in [-0.2, 0) is 0 Å². The van der Waals surface area contributed by atoms with E-state index in [2.05, 4.69) is 9.97 Å². The molecule has 0 radical (unpaired) electrons. The smallest absolute Gasteiger partial charge is 0.335 e. The second-order valence-corrected chi connectivity index (χ2v) is 6.53. The molecule has 4 aromatic rings. The molecule has 0 unspecified atom stereocenters. The van der Waals surface area contributed by atoms with Gasteiger partial charge in [-0.25, -0.2) is 14.2 Å². The van der Waals surface area contributed by atoms with E-state index in [1.807, 2.05) is 6.07 Å². The number of rotatable bonds is 4. The number of allylic oxidation sites excluding steroid dienone is 1. The van der Waals surface area contributed by atoms with E-state index in [1.165, 1.54) is 42.5 Å². The van der Waals surface area contributed by atoms with Crippen LogP contribution in [0.4, 0.5) is 4.39 Å². The first-order valence-corrected chi connectivity index (χ1v) is 8.73. The topological polar surface area (TPSA) is 103 Å². The van der Waals surface area contributed by atoms with Gasteiger partial charge in [0.15, 0.2) is 0 Å². The number of nitrogens with zero attached hydrogens (tertiary/aromatic N) is 2. The Hall–Kier alpha value is -3.89. The van der Waals surface area contributed by atoms with Crippen LogP contribution >= 0.6 is 11.6 Å². The Labute approximate surface area is 168 Å². The van der Waals surface area contributed by atoms with Gasteiger partial charge in [-0.1, -0.05) is 11.6 Å². The van der Waals surface area contributed by atoms with Crippen molar-refractivity contribution in [1.29, 1.82) is 5.26 Å². The fourth-order valence-corrected chi connectivity index (χ4v) is 3.04. The highest BCUT2D eigenvalue weighted by molar-refractivity contribution is 6.33. The molecule has 2 heterocycles. The number of fused-ring (bicyclic) bond motifs is 1. The van der Waals surface area contributed by atoms with Gasteiger partial charge in [0.25, 0.3) is 0 Å². The number of carbonyl (C=O) groups is 1. The molecule has 0 amide bonds. The van der Waals surface area contributed by atoms with Gasteiger partial charge in [0, 0.05) is 11.6 Å². The minimum absolute atomic E-state index is 0.0742. The minimum Gasteiger partial charge on any atom is -0.478 e. The molecule has 0 aliphatic carbocycles. The lowest BCUT2D eigenvalue weighted by Gasteiger charge is -2.02. The van der Waals surface area contributed by atoms with Crippen LogP contribution in [0.2, 0.25) is 5.02 Å². The molecule has 29 heavy (non-hydrogen) atoms. The number of nitrogens with one attached hydrogen (secondary N) is 1. The summed E-state index contributed by atoms with van der Waals surface area (Å²) in [6, 6.07) is 13.7. The number of carboxylic acids is 1. The fraction of sp³-hybridized carbons (Fsp3) is 0. The van der Waals surface area contributed by atoms with Crippen molar-refractivity contribution >= 4 is 40.3 Å². The number of aromatic amines is 1. The van der Waals surface area contributed by atoms with E-state index in [1.54, 1.807) is 12.1 Å². The van der Waals surface area contributed by atoms with Crippen molar-refractivity contribution < 1.29 is 18.7 Å². The van der Waals surface area contributed by atoms with Gasteiger partial charge in [-0.3, -0.25) is 0 Å². The van der Waals surface area contributed by atoms with Crippen molar-refractivity contribution in [1.82, 2.24) is 9.97 Å². The summed E-state index contributed by atoms with van der Waals surface area (Å²) in [7, 11) is 0. The first kappa shape index (κ1) is 18.5.